The van der Waals surface area contributed by atoms with Crippen LogP contribution >= 0.6 is 11.6 Å². The molecule has 2 rings (SSSR count). The van der Waals surface area contributed by atoms with Crippen LogP contribution in [0.2, 0.25) is 5.02 Å². The van der Waals surface area contributed by atoms with Crippen LogP contribution in [-0.2, 0) is 0 Å². The monoisotopic (exact) mass is 224 g/mol. The predicted octanol–water partition coefficient (Wildman–Crippen LogP) is 2.26. The van der Waals surface area contributed by atoms with E-state index in [4.69, 9.17) is 11.6 Å². The summed E-state index contributed by atoms with van der Waals surface area (Å²) in [5.74, 6) is 0.511. The second-order valence-corrected chi connectivity index (χ2v) is 4.36. The number of hydrogen-bond donors (Lipinski definition) is 1. The Bertz CT molecular complexity index is 377. The topological polar surface area (TPSA) is 42.0 Å². The minimum Gasteiger partial charge on any atom is -0.349 e. The number of hydrogen-bond acceptors (Lipinski definition) is 2. The number of aromatic nitrogens is 1. The Balaban J connectivity index is 2.04. The largest absolute Gasteiger partial charge is 0.349 e. The summed E-state index contributed by atoms with van der Waals surface area (Å²) in [5.41, 5.74) is 0.451. The van der Waals surface area contributed by atoms with Gasteiger partial charge in [-0.05, 0) is 31.7 Å². The van der Waals surface area contributed by atoms with Gasteiger partial charge in [0.1, 0.15) is 0 Å². The van der Waals surface area contributed by atoms with Crippen molar-refractivity contribution in [2.24, 2.45) is 5.92 Å². The van der Waals surface area contributed by atoms with Crippen molar-refractivity contribution < 1.29 is 4.79 Å². The summed E-state index contributed by atoms with van der Waals surface area (Å²) in [4.78, 5) is 15.7. The van der Waals surface area contributed by atoms with Gasteiger partial charge in [0.2, 0.25) is 0 Å². The third-order valence-corrected chi connectivity index (χ3v) is 3.03. The van der Waals surface area contributed by atoms with Crippen molar-refractivity contribution in [3.63, 3.8) is 0 Å². The second-order valence-electron chi connectivity index (χ2n) is 3.96. The van der Waals surface area contributed by atoms with Gasteiger partial charge in [-0.1, -0.05) is 11.6 Å². The van der Waals surface area contributed by atoms with Gasteiger partial charge in [0.05, 0.1) is 10.6 Å². The van der Waals surface area contributed by atoms with Gasteiger partial charge >= 0.3 is 0 Å². The van der Waals surface area contributed by atoms with Crippen LogP contribution in [0, 0.1) is 5.92 Å². The molecule has 0 aliphatic heterocycles. The first-order chi connectivity index (χ1) is 7.18. The maximum atomic E-state index is 11.8. The van der Waals surface area contributed by atoms with Gasteiger partial charge in [-0.15, -0.1) is 0 Å². The highest BCUT2D eigenvalue weighted by Gasteiger charge is 2.29. The van der Waals surface area contributed by atoms with E-state index in [1.165, 1.54) is 19.0 Å². The number of amides is 1. The number of carbonyl (C=O) groups excluding carboxylic acids is 1. The lowest BCUT2D eigenvalue weighted by atomic mass is 10.2. The van der Waals surface area contributed by atoms with Crippen molar-refractivity contribution in [1.29, 1.82) is 0 Å². The van der Waals surface area contributed by atoms with Gasteiger partial charge in [0, 0.05) is 18.4 Å². The molecule has 0 aromatic carbocycles. The Hall–Kier alpha value is -1.09. The van der Waals surface area contributed by atoms with Gasteiger partial charge in [-0.25, -0.2) is 0 Å². The van der Waals surface area contributed by atoms with Crippen LogP contribution in [0.3, 0.4) is 0 Å². The van der Waals surface area contributed by atoms with Crippen LogP contribution in [0.1, 0.15) is 30.1 Å². The normalized spacial score (nSPS) is 17.2. The fourth-order valence-electron chi connectivity index (χ4n) is 1.54. The van der Waals surface area contributed by atoms with Crippen LogP contribution in [0.5, 0.6) is 0 Å². The summed E-state index contributed by atoms with van der Waals surface area (Å²) >= 11 is 5.90. The van der Waals surface area contributed by atoms with E-state index < -0.39 is 0 Å². The number of carbonyl (C=O) groups is 1. The Labute approximate surface area is 93.8 Å². The summed E-state index contributed by atoms with van der Waals surface area (Å²) in [7, 11) is 0. The quantitative estimate of drug-likeness (QED) is 0.856. The standard InChI is InChI=1S/C11H13ClN2O/c1-7(8-2-3-8)14-11(15)9-6-13-5-4-10(9)12/h4-8H,2-3H2,1H3,(H,14,15). The van der Waals surface area contributed by atoms with Gasteiger partial charge in [0.25, 0.3) is 5.91 Å². The fourth-order valence-corrected chi connectivity index (χ4v) is 1.73. The summed E-state index contributed by atoms with van der Waals surface area (Å²) in [6, 6.07) is 1.85. The van der Waals surface area contributed by atoms with E-state index in [2.05, 4.69) is 10.3 Å². The van der Waals surface area contributed by atoms with E-state index >= 15 is 0 Å². The molecule has 1 aromatic rings. The van der Waals surface area contributed by atoms with Crippen molar-refractivity contribution in [3.05, 3.63) is 29.0 Å². The highest BCUT2D eigenvalue weighted by molar-refractivity contribution is 6.33. The van der Waals surface area contributed by atoms with Crippen molar-refractivity contribution in [3.8, 4) is 0 Å². The Morgan fingerprint density at radius 3 is 3.00 bits per heavy atom. The molecule has 4 heteroatoms. The van der Waals surface area contributed by atoms with E-state index in [1.54, 1.807) is 12.3 Å². The van der Waals surface area contributed by atoms with E-state index in [0.717, 1.165) is 0 Å². The first-order valence-electron chi connectivity index (χ1n) is 5.09. The third-order valence-electron chi connectivity index (χ3n) is 2.70. The molecule has 1 aliphatic carbocycles. The number of nitrogens with zero attached hydrogens (tertiary/aromatic N) is 1. The first kappa shape index (κ1) is 10.4. The zero-order valence-corrected chi connectivity index (χ0v) is 9.29. The lowest BCUT2D eigenvalue weighted by Crippen LogP contribution is -2.34. The van der Waals surface area contributed by atoms with E-state index in [9.17, 15) is 4.79 Å². The first-order valence-corrected chi connectivity index (χ1v) is 5.46. The SMILES string of the molecule is CC(NC(=O)c1cnccc1Cl)C1CC1. The molecule has 1 aliphatic rings. The minimum atomic E-state index is -0.132. The molecule has 0 spiro atoms. The van der Waals surface area contributed by atoms with Crippen LogP contribution in [0.4, 0.5) is 0 Å². The lowest BCUT2D eigenvalue weighted by molar-refractivity contribution is 0.0935. The van der Waals surface area contributed by atoms with Gasteiger partial charge in [-0.2, -0.15) is 0 Å². The molecule has 80 valence electrons. The van der Waals surface area contributed by atoms with Crippen LogP contribution in [-0.4, -0.2) is 16.9 Å². The highest BCUT2D eigenvalue weighted by atomic mass is 35.5. The van der Waals surface area contributed by atoms with Gasteiger partial charge in [0.15, 0.2) is 0 Å². The Morgan fingerprint density at radius 1 is 1.67 bits per heavy atom. The molecule has 0 bridgehead atoms. The molecule has 1 heterocycles. The average molecular weight is 225 g/mol. The molecule has 1 aromatic heterocycles. The summed E-state index contributed by atoms with van der Waals surface area (Å²) < 4.78 is 0. The van der Waals surface area contributed by atoms with E-state index in [0.29, 0.717) is 16.5 Å². The van der Waals surface area contributed by atoms with Crippen molar-refractivity contribution in [2.75, 3.05) is 0 Å². The van der Waals surface area contributed by atoms with Gasteiger partial charge < -0.3 is 5.32 Å². The molecule has 1 saturated carbocycles. The fraction of sp³-hybridized carbons (Fsp3) is 0.455. The number of nitrogens with one attached hydrogen (secondary N) is 1. The second kappa shape index (κ2) is 4.19. The van der Waals surface area contributed by atoms with Crippen molar-refractivity contribution >= 4 is 17.5 Å². The van der Waals surface area contributed by atoms with Gasteiger partial charge in [-0.3, -0.25) is 9.78 Å². The molecule has 1 unspecified atom stereocenters. The summed E-state index contributed by atoms with van der Waals surface area (Å²) in [6.07, 6.45) is 5.49. The molecule has 0 radical (unpaired) electrons. The molecule has 1 atom stereocenters. The molecule has 0 saturated heterocycles. The molecular formula is C11H13ClN2O. The number of pyridine rings is 1. The summed E-state index contributed by atoms with van der Waals surface area (Å²) in [5, 5.41) is 3.39. The third kappa shape index (κ3) is 2.48. The molecule has 3 nitrogen and oxygen atoms in total. The average Bonchev–Trinajstić information content (AvgIpc) is 3.01. The summed E-state index contributed by atoms with van der Waals surface area (Å²) in [6.45, 7) is 2.03. The number of halogens is 1. The number of rotatable bonds is 3. The van der Waals surface area contributed by atoms with Crippen molar-refractivity contribution in [1.82, 2.24) is 10.3 Å². The lowest BCUT2D eigenvalue weighted by Gasteiger charge is -2.12. The Morgan fingerprint density at radius 2 is 2.40 bits per heavy atom. The van der Waals surface area contributed by atoms with Crippen molar-refractivity contribution in [2.45, 2.75) is 25.8 Å². The van der Waals surface area contributed by atoms with E-state index in [1.807, 2.05) is 6.92 Å². The van der Waals surface area contributed by atoms with Crippen LogP contribution < -0.4 is 5.32 Å². The maximum Gasteiger partial charge on any atom is 0.254 e. The molecule has 1 amide bonds. The maximum absolute atomic E-state index is 11.8. The molecule has 15 heavy (non-hydrogen) atoms. The highest BCUT2D eigenvalue weighted by Crippen LogP contribution is 2.32. The smallest absolute Gasteiger partial charge is 0.254 e. The Kier molecular flexibility index (Phi) is 2.91. The molecule has 1 fully saturated rings. The molecular weight excluding hydrogens is 212 g/mol. The van der Waals surface area contributed by atoms with Crippen LogP contribution in [0.25, 0.3) is 0 Å². The van der Waals surface area contributed by atoms with E-state index in [-0.39, 0.29) is 11.9 Å². The van der Waals surface area contributed by atoms with Crippen LogP contribution in [0.15, 0.2) is 18.5 Å². The zero-order chi connectivity index (χ0) is 10.8. The zero-order valence-electron chi connectivity index (χ0n) is 8.53. The minimum absolute atomic E-state index is 0.132. The predicted molar refractivity (Wildman–Crippen MR) is 58.9 cm³/mol. The molecule has 1 N–H and O–H groups in total.